The van der Waals surface area contributed by atoms with Crippen molar-refractivity contribution in [2.24, 2.45) is 0 Å². The molecule has 36 heavy (non-hydrogen) atoms. The molecule has 2 heterocycles. The quantitative estimate of drug-likeness (QED) is 0.183. The molecule has 2 aromatic heterocycles. The Bertz CT molecular complexity index is 1320. The maximum atomic E-state index is 12.6. The number of pyridine rings is 2. The Hall–Kier alpha value is -3.60. The summed E-state index contributed by atoms with van der Waals surface area (Å²) < 4.78 is 37.9. The Labute approximate surface area is 222 Å². The second-order valence-electron chi connectivity index (χ2n) is 7.73. The summed E-state index contributed by atoms with van der Waals surface area (Å²) >= 11 is 0. The van der Waals surface area contributed by atoms with Crippen LogP contribution in [-0.4, -0.2) is 9.97 Å². The molecule has 0 atom stereocenters. The van der Waals surface area contributed by atoms with Crippen LogP contribution in [0.25, 0.3) is 33.6 Å². The number of aromatic nitrogens is 2. The van der Waals surface area contributed by atoms with Crippen LogP contribution < -0.4 is 0 Å². The second-order valence-corrected chi connectivity index (χ2v) is 7.73. The normalized spacial score (nSPS) is 10.6. The van der Waals surface area contributed by atoms with Crippen LogP contribution >= 0.6 is 0 Å². The van der Waals surface area contributed by atoms with Crippen LogP contribution in [0.4, 0.5) is 13.2 Å². The molecule has 0 aliphatic carbocycles. The molecular formula is C30H21F3IrN2-2. The van der Waals surface area contributed by atoms with Crippen LogP contribution in [-0.2, 0) is 26.3 Å². The van der Waals surface area contributed by atoms with Gasteiger partial charge in [-0.15, -0.1) is 65.7 Å². The third-order valence-electron chi connectivity index (χ3n) is 5.25. The van der Waals surface area contributed by atoms with E-state index in [0.717, 1.165) is 40.1 Å². The molecule has 2 nitrogen and oxygen atoms in total. The Kier molecular flexibility index (Phi) is 9.29. The molecule has 0 spiro atoms. The molecule has 0 unspecified atom stereocenters. The van der Waals surface area contributed by atoms with E-state index in [9.17, 15) is 13.2 Å². The van der Waals surface area contributed by atoms with E-state index < -0.39 is 11.7 Å². The van der Waals surface area contributed by atoms with E-state index in [2.05, 4.69) is 22.1 Å². The van der Waals surface area contributed by atoms with Gasteiger partial charge in [-0.2, -0.15) is 13.2 Å². The summed E-state index contributed by atoms with van der Waals surface area (Å²) in [5, 5.41) is 0. The fourth-order valence-electron chi connectivity index (χ4n) is 3.43. The van der Waals surface area contributed by atoms with Crippen LogP contribution in [0.15, 0.2) is 109 Å². The number of nitrogens with zero attached hydrogens (tertiary/aromatic N) is 2. The molecule has 0 amide bonds. The molecule has 0 fully saturated rings. The van der Waals surface area contributed by atoms with Crippen molar-refractivity contribution >= 4 is 0 Å². The smallest absolute Gasteiger partial charge is 0.305 e. The Balaban J connectivity index is 0.000000234. The first kappa shape index (κ1) is 27.0. The van der Waals surface area contributed by atoms with Gasteiger partial charge in [-0.3, -0.25) is 0 Å². The molecule has 0 aliphatic rings. The molecule has 5 rings (SSSR count). The van der Waals surface area contributed by atoms with Gasteiger partial charge in [0.2, 0.25) is 0 Å². The Morgan fingerprint density at radius 1 is 0.722 bits per heavy atom. The molecule has 0 saturated carbocycles. The predicted molar refractivity (Wildman–Crippen MR) is 132 cm³/mol. The summed E-state index contributed by atoms with van der Waals surface area (Å²) in [6.07, 6.45) is -0.843. The van der Waals surface area contributed by atoms with E-state index in [-0.39, 0.29) is 20.1 Å². The molecule has 0 N–H and O–H groups in total. The van der Waals surface area contributed by atoms with Gasteiger partial charge in [0.05, 0.1) is 0 Å². The fraction of sp³-hybridized carbons (Fsp3) is 0.0667. The summed E-state index contributed by atoms with van der Waals surface area (Å²) in [6, 6.07) is 34.6. The van der Waals surface area contributed by atoms with Crippen molar-refractivity contribution in [2.75, 3.05) is 0 Å². The number of hydrogen-bond acceptors (Lipinski definition) is 2. The van der Waals surface area contributed by atoms with Crippen molar-refractivity contribution in [3.05, 3.63) is 133 Å². The zero-order valence-corrected chi connectivity index (χ0v) is 21.6. The molecule has 0 bridgehead atoms. The van der Waals surface area contributed by atoms with Crippen LogP contribution in [0.2, 0.25) is 0 Å². The van der Waals surface area contributed by atoms with Crippen molar-refractivity contribution in [3.8, 4) is 33.6 Å². The van der Waals surface area contributed by atoms with Crippen LogP contribution in [0.3, 0.4) is 0 Å². The minimum Gasteiger partial charge on any atom is -0.305 e. The van der Waals surface area contributed by atoms with E-state index in [0.29, 0.717) is 11.3 Å². The van der Waals surface area contributed by atoms with Gasteiger partial charge < -0.3 is 9.97 Å². The van der Waals surface area contributed by atoms with Crippen LogP contribution in [0, 0.1) is 19.1 Å². The topological polar surface area (TPSA) is 25.8 Å². The number of alkyl halides is 3. The average molecular weight is 659 g/mol. The van der Waals surface area contributed by atoms with Gasteiger partial charge >= 0.3 is 6.18 Å². The molecule has 6 heteroatoms. The number of benzene rings is 3. The maximum absolute atomic E-state index is 12.6. The van der Waals surface area contributed by atoms with Crippen molar-refractivity contribution in [3.63, 3.8) is 0 Å². The van der Waals surface area contributed by atoms with Gasteiger partial charge in [0.25, 0.3) is 0 Å². The zero-order chi connectivity index (χ0) is 24.7. The van der Waals surface area contributed by atoms with Gasteiger partial charge in [-0.1, -0.05) is 48.5 Å². The third kappa shape index (κ3) is 6.97. The van der Waals surface area contributed by atoms with Crippen molar-refractivity contribution in [2.45, 2.75) is 13.1 Å². The van der Waals surface area contributed by atoms with E-state index >= 15 is 0 Å². The average Bonchev–Trinajstić information content (AvgIpc) is 2.90. The second kappa shape index (κ2) is 12.4. The molecular weight excluding hydrogens is 638 g/mol. The summed E-state index contributed by atoms with van der Waals surface area (Å²) in [6.45, 7) is 1.95. The van der Waals surface area contributed by atoms with Crippen molar-refractivity contribution in [1.29, 1.82) is 0 Å². The SMILES string of the molecule is Cc1cnc(-c2[c-]cc(C(F)(F)F)cc2)cc1-c1ccccc1.[Ir].[c-]1ccccc1-c1ccccn1. The standard InChI is InChI=1S/C19H13F3N.C11H8N.Ir/c1-13-12-23-18(11-17(13)14-5-3-2-4-6-14)15-7-9-16(10-8-15)19(20,21)22;1-2-6-10(7-3-1)11-8-4-5-9-12-11;/h2-7,9-12H,1H3;1-6,8-9H;/q2*-1;. The predicted octanol–water partition coefficient (Wildman–Crippen LogP) is 8.09. The summed E-state index contributed by atoms with van der Waals surface area (Å²) in [5.74, 6) is 0. The third-order valence-corrected chi connectivity index (χ3v) is 5.25. The first-order valence-corrected chi connectivity index (χ1v) is 10.9. The molecule has 3 aromatic carbocycles. The Morgan fingerprint density at radius 3 is 2.06 bits per heavy atom. The van der Waals surface area contributed by atoms with E-state index in [1.54, 1.807) is 12.4 Å². The Morgan fingerprint density at radius 2 is 1.44 bits per heavy atom. The fourth-order valence-corrected chi connectivity index (χ4v) is 3.43. The number of hydrogen-bond donors (Lipinski definition) is 0. The van der Waals surface area contributed by atoms with Crippen LogP contribution in [0.1, 0.15) is 11.1 Å². The van der Waals surface area contributed by atoms with Crippen LogP contribution in [0.5, 0.6) is 0 Å². The molecule has 5 aromatic rings. The maximum Gasteiger partial charge on any atom is 0.381 e. The van der Waals surface area contributed by atoms with E-state index in [4.69, 9.17) is 0 Å². The molecule has 1 radical (unpaired) electrons. The molecule has 0 saturated heterocycles. The monoisotopic (exact) mass is 659 g/mol. The van der Waals surface area contributed by atoms with Gasteiger partial charge in [0.1, 0.15) is 0 Å². The number of aryl methyl sites for hydroxylation is 1. The summed E-state index contributed by atoms with van der Waals surface area (Å²) in [4.78, 5) is 8.53. The number of halogens is 3. The first-order valence-electron chi connectivity index (χ1n) is 10.9. The first-order chi connectivity index (χ1) is 16.9. The minimum atomic E-state index is -4.36. The molecule has 183 valence electrons. The van der Waals surface area contributed by atoms with Gasteiger partial charge in [0, 0.05) is 32.5 Å². The summed E-state index contributed by atoms with van der Waals surface area (Å²) in [5.41, 5.74) is 5.49. The summed E-state index contributed by atoms with van der Waals surface area (Å²) in [7, 11) is 0. The minimum absolute atomic E-state index is 0. The van der Waals surface area contributed by atoms with Crippen molar-refractivity contribution < 1.29 is 33.3 Å². The van der Waals surface area contributed by atoms with E-state index in [1.165, 1.54) is 6.07 Å². The zero-order valence-electron chi connectivity index (χ0n) is 19.3. The van der Waals surface area contributed by atoms with Gasteiger partial charge in [0.15, 0.2) is 0 Å². The van der Waals surface area contributed by atoms with Gasteiger partial charge in [-0.05, 0) is 46.6 Å². The number of rotatable bonds is 3. The van der Waals surface area contributed by atoms with Gasteiger partial charge in [-0.25, -0.2) is 0 Å². The van der Waals surface area contributed by atoms with Crippen molar-refractivity contribution in [1.82, 2.24) is 9.97 Å². The molecule has 0 aliphatic heterocycles. The van der Waals surface area contributed by atoms with E-state index in [1.807, 2.05) is 85.8 Å². The largest absolute Gasteiger partial charge is 0.381 e.